The molecule has 1 unspecified atom stereocenters. The Morgan fingerprint density at radius 3 is 1.53 bits per heavy atom. The number of ether oxygens (including phenoxy) is 1. The number of hydrogen-bond acceptors (Lipinski definition) is 3. The van der Waals surface area contributed by atoms with Crippen LogP contribution in [0.15, 0.2) is 24.8 Å². The lowest BCUT2D eigenvalue weighted by molar-refractivity contribution is -0.151. The van der Waals surface area contributed by atoms with E-state index in [9.17, 15) is 14.7 Å². The maximum Gasteiger partial charge on any atom is 0.307 e. The number of hydrogen-bond donors (Lipinski definition) is 1. The van der Waals surface area contributed by atoms with E-state index < -0.39 is 17.9 Å². The summed E-state index contributed by atoms with van der Waals surface area (Å²) < 4.78 is 4.90. The van der Waals surface area contributed by atoms with Gasteiger partial charge in [0.05, 0.1) is 12.3 Å². The lowest BCUT2D eigenvalue weighted by atomic mass is 9.97. The van der Waals surface area contributed by atoms with E-state index in [1.165, 1.54) is 122 Å². The van der Waals surface area contributed by atoms with Crippen molar-refractivity contribution in [2.24, 2.45) is 5.92 Å². The highest BCUT2D eigenvalue weighted by Gasteiger charge is 2.21. The molecule has 0 radical (unpaired) electrons. The van der Waals surface area contributed by atoms with Crippen molar-refractivity contribution in [2.45, 2.75) is 155 Å². The molecule has 0 aromatic rings. The summed E-state index contributed by atoms with van der Waals surface area (Å²) in [5.41, 5.74) is 0. The van der Waals surface area contributed by atoms with E-state index in [0.717, 1.165) is 19.3 Å². The molecule has 0 heterocycles. The molecule has 0 saturated heterocycles. The number of aliphatic carboxylic acids is 1. The van der Waals surface area contributed by atoms with Gasteiger partial charge in [-0.15, -0.1) is 0 Å². The first kappa shape index (κ1) is 34.4. The molecule has 0 aliphatic rings. The van der Waals surface area contributed by atoms with Gasteiger partial charge in [-0.05, 0) is 32.1 Å². The predicted octanol–water partition coefficient (Wildman–Crippen LogP) is 9.96. The first-order chi connectivity index (χ1) is 17.6. The van der Waals surface area contributed by atoms with E-state index in [1.807, 2.05) is 0 Å². The number of esters is 1. The number of rotatable bonds is 28. The van der Waals surface area contributed by atoms with Crippen molar-refractivity contribution in [2.75, 3.05) is 6.61 Å². The molecule has 0 aromatic carbocycles. The van der Waals surface area contributed by atoms with Crippen molar-refractivity contribution >= 4 is 11.9 Å². The Bertz CT molecular complexity index is 540. The lowest BCUT2D eigenvalue weighted by Crippen LogP contribution is -2.19. The highest BCUT2D eigenvalue weighted by molar-refractivity contribution is 5.78. The minimum atomic E-state index is -0.901. The molecular formula is C32H58O4. The Hall–Kier alpha value is -1.58. The second kappa shape index (κ2) is 28.0. The maximum absolute atomic E-state index is 11.6. The molecule has 0 aliphatic heterocycles. The van der Waals surface area contributed by atoms with Crippen LogP contribution in [0.5, 0.6) is 0 Å². The van der Waals surface area contributed by atoms with Gasteiger partial charge < -0.3 is 9.84 Å². The molecule has 0 amide bonds. The number of carboxylic acid groups (broad SMARTS) is 1. The highest BCUT2D eigenvalue weighted by Crippen LogP contribution is 2.18. The van der Waals surface area contributed by atoms with Gasteiger partial charge in [0.25, 0.3) is 0 Å². The van der Waals surface area contributed by atoms with Crippen LogP contribution in [0.2, 0.25) is 0 Å². The Morgan fingerprint density at radius 2 is 1.11 bits per heavy atom. The van der Waals surface area contributed by atoms with E-state index in [1.54, 1.807) is 0 Å². The summed E-state index contributed by atoms with van der Waals surface area (Å²) in [5.74, 6) is -1.98. The molecule has 4 heteroatoms. The average molecular weight is 507 g/mol. The summed E-state index contributed by atoms with van der Waals surface area (Å²) in [4.78, 5) is 22.9. The molecule has 1 atom stereocenters. The van der Waals surface area contributed by atoms with Gasteiger partial charge in [-0.2, -0.15) is 0 Å². The van der Waals surface area contributed by atoms with Crippen LogP contribution in [0.25, 0.3) is 0 Å². The molecule has 1 N–H and O–H groups in total. The summed E-state index contributed by atoms with van der Waals surface area (Å²) in [6.07, 6.45) is 34.1. The Labute approximate surface area is 223 Å². The maximum atomic E-state index is 11.6. The monoisotopic (exact) mass is 506 g/mol. The van der Waals surface area contributed by atoms with Gasteiger partial charge in [-0.1, -0.05) is 141 Å². The standard InChI is InChI=1S/C32H58O4/c1-3-5-6-7-8-9-10-11-12-13-14-15-16-17-18-19-20-21-22-23-24-25-26-27-30(32(34)35)29-31(33)36-28-4-2/h4,8-9,30H,2-3,5-7,10-29H2,1H3,(H,34,35)/b9-8+. The van der Waals surface area contributed by atoms with Gasteiger partial charge in [-0.3, -0.25) is 9.59 Å². The summed E-state index contributed by atoms with van der Waals surface area (Å²) in [6.45, 7) is 5.89. The number of unbranched alkanes of at least 4 members (excludes halogenated alkanes) is 19. The van der Waals surface area contributed by atoms with Crippen molar-refractivity contribution in [3.8, 4) is 0 Å². The Balaban J connectivity index is 3.34. The molecular weight excluding hydrogens is 448 g/mol. The third kappa shape index (κ3) is 25.5. The normalized spacial score (nSPS) is 12.1. The van der Waals surface area contributed by atoms with E-state index >= 15 is 0 Å². The number of carbonyl (C=O) groups is 2. The fraction of sp³-hybridized carbons (Fsp3) is 0.812. The van der Waals surface area contributed by atoms with E-state index in [4.69, 9.17) is 4.74 Å². The Kier molecular flexibility index (Phi) is 26.8. The summed E-state index contributed by atoms with van der Waals surface area (Å²) in [6, 6.07) is 0. The largest absolute Gasteiger partial charge is 0.481 e. The lowest BCUT2D eigenvalue weighted by Gasteiger charge is -2.11. The molecule has 0 aromatic heterocycles. The van der Waals surface area contributed by atoms with E-state index in [0.29, 0.717) is 6.42 Å². The second-order valence-electron chi connectivity index (χ2n) is 10.4. The summed E-state index contributed by atoms with van der Waals surface area (Å²) in [5, 5.41) is 9.30. The van der Waals surface area contributed by atoms with Crippen molar-refractivity contribution in [3.05, 3.63) is 24.8 Å². The van der Waals surface area contributed by atoms with Crippen LogP contribution in [0.3, 0.4) is 0 Å². The summed E-state index contributed by atoms with van der Waals surface area (Å²) >= 11 is 0. The third-order valence-corrected chi connectivity index (χ3v) is 6.94. The predicted molar refractivity (Wildman–Crippen MR) is 153 cm³/mol. The zero-order valence-electron chi connectivity index (χ0n) is 23.7. The summed E-state index contributed by atoms with van der Waals surface area (Å²) in [7, 11) is 0. The quantitative estimate of drug-likeness (QED) is 0.0651. The van der Waals surface area contributed by atoms with Crippen LogP contribution in [-0.2, 0) is 14.3 Å². The van der Waals surface area contributed by atoms with E-state index in [-0.39, 0.29) is 13.0 Å². The fourth-order valence-electron chi connectivity index (χ4n) is 4.60. The van der Waals surface area contributed by atoms with Crippen molar-refractivity contribution in [1.82, 2.24) is 0 Å². The van der Waals surface area contributed by atoms with Gasteiger partial charge in [0.1, 0.15) is 6.61 Å². The van der Waals surface area contributed by atoms with Crippen LogP contribution in [0.4, 0.5) is 0 Å². The van der Waals surface area contributed by atoms with Crippen LogP contribution in [0, 0.1) is 5.92 Å². The van der Waals surface area contributed by atoms with Crippen molar-refractivity contribution in [1.29, 1.82) is 0 Å². The minimum absolute atomic E-state index is 0.0414. The molecule has 0 aliphatic carbocycles. The first-order valence-electron chi connectivity index (χ1n) is 15.3. The average Bonchev–Trinajstić information content (AvgIpc) is 2.87. The number of allylic oxidation sites excluding steroid dienone is 2. The van der Waals surface area contributed by atoms with Crippen molar-refractivity contribution in [3.63, 3.8) is 0 Å². The minimum Gasteiger partial charge on any atom is -0.481 e. The highest BCUT2D eigenvalue weighted by atomic mass is 16.5. The molecule has 4 nitrogen and oxygen atoms in total. The molecule has 0 saturated carbocycles. The number of carbonyl (C=O) groups excluding carboxylic acids is 1. The molecule has 210 valence electrons. The molecule has 0 fully saturated rings. The van der Waals surface area contributed by atoms with Gasteiger partial charge >= 0.3 is 11.9 Å². The van der Waals surface area contributed by atoms with Crippen molar-refractivity contribution < 1.29 is 19.4 Å². The van der Waals surface area contributed by atoms with Crippen LogP contribution >= 0.6 is 0 Å². The fourth-order valence-corrected chi connectivity index (χ4v) is 4.60. The Morgan fingerprint density at radius 1 is 0.694 bits per heavy atom. The van der Waals surface area contributed by atoms with Crippen LogP contribution in [-0.4, -0.2) is 23.7 Å². The SMILES string of the molecule is C=CCOC(=O)CC(CCCCCCCCCCCCCCCCCC/C=C/CCCCC)C(=O)O. The molecule has 0 bridgehead atoms. The van der Waals surface area contributed by atoms with E-state index in [2.05, 4.69) is 25.7 Å². The van der Waals surface area contributed by atoms with Gasteiger partial charge in [-0.25, -0.2) is 0 Å². The van der Waals surface area contributed by atoms with Gasteiger partial charge in [0.2, 0.25) is 0 Å². The molecule has 0 rings (SSSR count). The first-order valence-corrected chi connectivity index (χ1v) is 15.3. The molecule has 36 heavy (non-hydrogen) atoms. The number of carboxylic acids is 1. The smallest absolute Gasteiger partial charge is 0.307 e. The molecule has 0 spiro atoms. The zero-order valence-corrected chi connectivity index (χ0v) is 23.7. The van der Waals surface area contributed by atoms with Crippen LogP contribution in [0.1, 0.15) is 155 Å². The third-order valence-electron chi connectivity index (χ3n) is 6.94. The zero-order chi connectivity index (χ0) is 26.5. The topological polar surface area (TPSA) is 63.6 Å². The van der Waals surface area contributed by atoms with Crippen LogP contribution < -0.4 is 0 Å². The van der Waals surface area contributed by atoms with Gasteiger partial charge in [0.15, 0.2) is 0 Å². The second-order valence-corrected chi connectivity index (χ2v) is 10.4. The van der Waals surface area contributed by atoms with Gasteiger partial charge in [0, 0.05) is 0 Å².